The largest absolute Gasteiger partial charge is 0.493 e. The van der Waals surface area contributed by atoms with E-state index in [1.54, 1.807) is 12.1 Å². The van der Waals surface area contributed by atoms with Crippen LogP contribution in [0.3, 0.4) is 0 Å². The van der Waals surface area contributed by atoms with Crippen molar-refractivity contribution in [1.82, 2.24) is 10.3 Å². The summed E-state index contributed by atoms with van der Waals surface area (Å²) in [6.07, 6.45) is 0.379. The summed E-state index contributed by atoms with van der Waals surface area (Å²) < 4.78 is 12.0. The lowest BCUT2D eigenvalue weighted by Crippen LogP contribution is -2.50. The maximum atomic E-state index is 13.3. The first-order valence-electron chi connectivity index (χ1n) is 11.5. The molecule has 2 aliphatic rings. The molecule has 7 nitrogen and oxygen atoms in total. The summed E-state index contributed by atoms with van der Waals surface area (Å²) in [5, 5.41) is 11.5. The van der Waals surface area contributed by atoms with Crippen LogP contribution in [0.15, 0.2) is 82.9 Å². The predicted octanol–water partition coefficient (Wildman–Crippen LogP) is 3.56. The molecule has 8 heteroatoms. The average molecular weight is 487 g/mol. The van der Waals surface area contributed by atoms with Crippen LogP contribution < -0.4 is 25.4 Å². The zero-order valence-electron chi connectivity index (χ0n) is 19.6. The van der Waals surface area contributed by atoms with Crippen LogP contribution in [0, 0.1) is 0 Å². The number of rotatable bonds is 7. The molecular formula is C27H26N4O3S. The van der Waals surface area contributed by atoms with Crippen LogP contribution in [0.25, 0.3) is 5.70 Å². The third-order valence-electron chi connectivity index (χ3n) is 5.69. The van der Waals surface area contributed by atoms with Crippen molar-refractivity contribution in [2.45, 2.75) is 26.1 Å². The number of thioether (sulfide) groups is 1. The van der Waals surface area contributed by atoms with Crippen LogP contribution in [0.1, 0.15) is 30.6 Å². The number of nitrogens with one attached hydrogen (secondary N) is 1. The SMILES string of the molecule is CCCSC1=NN2C(=c3ccccc3=N[C@@H]2c2cccc(OC)c2OCc2ccccc2)C(=O)N1. The van der Waals surface area contributed by atoms with E-state index in [4.69, 9.17) is 19.6 Å². The summed E-state index contributed by atoms with van der Waals surface area (Å²) in [4.78, 5) is 18.3. The highest BCUT2D eigenvalue weighted by Gasteiger charge is 2.36. The van der Waals surface area contributed by atoms with Gasteiger partial charge in [0.1, 0.15) is 12.3 Å². The number of para-hydroxylation sites is 2. The van der Waals surface area contributed by atoms with Crippen molar-refractivity contribution in [3.05, 3.63) is 94.5 Å². The van der Waals surface area contributed by atoms with Gasteiger partial charge in [-0.25, -0.2) is 5.01 Å². The van der Waals surface area contributed by atoms with Crippen LogP contribution in [0.2, 0.25) is 0 Å². The normalized spacial score (nSPS) is 16.5. The van der Waals surface area contributed by atoms with Crippen molar-refractivity contribution < 1.29 is 14.3 Å². The molecule has 1 N–H and O–H groups in total. The van der Waals surface area contributed by atoms with E-state index in [2.05, 4.69) is 12.2 Å². The number of fused-ring (bicyclic) bond motifs is 2. The number of hydrazone groups is 1. The summed E-state index contributed by atoms with van der Waals surface area (Å²) in [7, 11) is 1.62. The first-order chi connectivity index (χ1) is 17.2. The zero-order valence-corrected chi connectivity index (χ0v) is 20.4. The Morgan fingerprint density at radius 2 is 1.83 bits per heavy atom. The van der Waals surface area contributed by atoms with Crippen molar-refractivity contribution in [3.8, 4) is 11.5 Å². The number of ether oxygens (including phenoxy) is 2. The maximum Gasteiger partial charge on any atom is 0.276 e. The van der Waals surface area contributed by atoms with Gasteiger partial charge in [0.2, 0.25) is 0 Å². The second kappa shape index (κ2) is 10.2. The van der Waals surface area contributed by atoms with Gasteiger partial charge in [-0.1, -0.05) is 79.3 Å². The van der Waals surface area contributed by atoms with Gasteiger partial charge in [-0.2, -0.15) is 0 Å². The number of carbonyl (C=O) groups excluding carboxylic acids is 1. The monoisotopic (exact) mass is 486 g/mol. The van der Waals surface area contributed by atoms with Gasteiger partial charge in [0.15, 0.2) is 22.8 Å². The molecule has 0 fully saturated rings. The Kier molecular flexibility index (Phi) is 6.72. The lowest BCUT2D eigenvalue weighted by Gasteiger charge is -2.34. The van der Waals surface area contributed by atoms with Crippen molar-refractivity contribution in [2.24, 2.45) is 10.1 Å². The minimum atomic E-state index is -0.593. The van der Waals surface area contributed by atoms with Crippen molar-refractivity contribution in [2.75, 3.05) is 12.9 Å². The number of carbonyl (C=O) groups is 1. The quantitative estimate of drug-likeness (QED) is 0.553. The van der Waals surface area contributed by atoms with Gasteiger partial charge in [0.05, 0.1) is 12.5 Å². The van der Waals surface area contributed by atoms with E-state index in [1.165, 1.54) is 11.8 Å². The summed E-state index contributed by atoms with van der Waals surface area (Å²) in [6, 6.07) is 23.3. The highest BCUT2D eigenvalue weighted by atomic mass is 32.2. The molecule has 5 rings (SSSR count). The Bertz CT molecular complexity index is 1390. The topological polar surface area (TPSA) is 75.5 Å². The lowest BCUT2D eigenvalue weighted by molar-refractivity contribution is -0.116. The molecule has 0 aliphatic carbocycles. The van der Waals surface area contributed by atoms with E-state index in [1.807, 2.05) is 72.8 Å². The molecule has 0 spiro atoms. The van der Waals surface area contributed by atoms with Crippen molar-refractivity contribution in [1.29, 1.82) is 0 Å². The minimum Gasteiger partial charge on any atom is -0.493 e. The Hall–Kier alpha value is -3.78. The maximum absolute atomic E-state index is 13.3. The molecule has 178 valence electrons. The molecule has 0 unspecified atom stereocenters. The number of hydrogen-bond acceptors (Lipinski definition) is 7. The van der Waals surface area contributed by atoms with E-state index >= 15 is 0 Å². The number of methoxy groups -OCH3 is 1. The standard InChI is InChI=1S/C27H26N4O3S/c1-3-16-35-27-29-26(32)23-19-12-7-8-14-21(19)28-25(31(23)30-27)20-13-9-15-22(33-2)24(20)34-17-18-10-5-4-6-11-18/h4-15,25H,3,16-17H2,1-2H3,(H,29,30,32)/t25-/m0/s1. The van der Waals surface area contributed by atoms with E-state index in [0.717, 1.165) is 33.9 Å². The highest BCUT2D eigenvalue weighted by Crippen LogP contribution is 2.40. The van der Waals surface area contributed by atoms with Gasteiger partial charge in [0, 0.05) is 16.5 Å². The number of hydrogen-bond donors (Lipinski definition) is 1. The minimum absolute atomic E-state index is 0.194. The summed E-state index contributed by atoms with van der Waals surface area (Å²) in [6.45, 7) is 2.47. The van der Waals surface area contributed by atoms with E-state index in [9.17, 15) is 4.79 Å². The van der Waals surface area contributed by atoms with Crippen LogP contribution >= 0.6 is 11.8 Å². The number of nitrogens with zero attached hydrogens (tertiary/aromatic N) is 3. The second-order valence-corrected chi connectivity index (χ2v) is 9.16. The fraction of sp³-hybridized carbons (Fsp3) is 0.222. The molecule has 2 heterocycles. The molecule has 1 amide bonds. The van der Waals surface area contributed by atoms with E-state index in [-0.39, 0.29) is 5.91 Å². The molecule has 0 radical (unpaired) electrons. The number of amides is 1. The van der Waals surface area contributed by atoms with Gasteiger partial charge in [-0.05, 0) is 24.1 Å². The van der Waals surface area contributed by atoms with Crippen molar-refractivity contribution in [3.63, 3.8) is 0 Å². The molecule has 3 aromatic carbocycles. The molecule has 3 aromatic rings. The fourth-order valence-electron chi connectivity index (χ4n) is 4.07. The van der Waals surface area contributed by atoms with Crippen LogP contribution in [0.4, 0.5) is 0 Å². The van der Waals surface area contributed by atoms with Gasteiger partial charge in [-0.3, -0.25) is 15.1 Å². The molecule has 0 saturated heterocycles. The molecular weight excluding hydrogens is 460 g/mol. The van der Waals surface area contributed by atoms with Gasteiger partial charge in [0.25, 0.3) is 5.91 Å². The Balaban J connectivity index is 1.63. The van der Waals surface area contributed by atoms with Gasteiger partial charge >= 0.3 is 0 Å². The third kappa shape index (κ3) is 4.61. The van der Waals surface area contributed by atoms with Crippen molar-refractivity contribution >= 4 is 28.5 Å². The zero-order chi connectivity index (χ0) is 24.2. The molecule has 35 heavy (non-hydrogen) atoms. The third-order valence-corrected chi connectivity index (χ3v) is 6.76. The fourth-order valence-corrected chi connectivity index (χ4v) is 4.78. The molecule has 2 aliphatic heterocycles. The molecule has 0 aromatic heterocycles. The van der Waals surface area contributed by atoms with E-state index < -0.39 is 6.17 Å². The number of amidine groups is 1. The number of benzene rings is 3. The summed E-state index contributed by atoms with van der Waals surface area (Å²) >= 11 is 1.52. The first kappa shape index (κ1) is 23.0. The molecule has 0 saturated carbocycles. The van der Waals surface area contributed by atoms with Gasteiger partial charge < -0.3 is 9.47 Å². The van der Waals surface area contributed by atoms with E-state index in [0.29, 0.717) is 29.0 Å². The summed E-state index contributed by atoms with van der Waals surface area (Å²) in [5.41, 5.74) is 2.28. The van der Waals surface area contributed by atoms with Crippen LogP contribution in [-0.4, -0.2) is 28.9 Å². The second-order valence-electron chi connectivity index (χ2n) is 8.07. The van der Waals surface area contributed by atoms with Crippen LogP contribution in [-0.2, 0) is 11.4 Å². The Labute approximate surface area is 208 Å². The molecule has 1 atom stereocenters. The van der Waals surface area contributed by atoms with Crippen LogP contribution in [0.5, 0.6) is 11.5 Å². The Morgan fingerprint density at radius 3 is 2.63 bits per heavy atom. The predicted molar refractivity (Wildman–Crippen MR) is 137 cm³/mol. The lowest BCUT2D eigenvalue weighted by atomic mass is 10.1. The molecule has 0 bridgehead atoms. The highest BCUT2D eigenvalue weighted by molar-refractivity contribution is 8.13. The average Bonchev–Trinajstić information content (AvgIpc) is 2.90. The Morgan fingerprint density at radius 1 is 1.03 bits per heavy atom. The smallest absolute Gasteiger partial charge is 0.276 e. The first-order valence-corrected chi connectivity index (χ1v) is 12.5. The summed E-state index contributed by atoms with van der Waals surface area (Å²) in [5.74, 6) is 1.83. The van der Waals surface area contributed by atoms with Gasteiger partial charge in [-0.15, -0.1) is 5.10 Å².